The van der Waals surface area contributed by atoms with Crippen molar-refractivity contribution in [2.24, 2.45) is 0 Å². The van der Waals surface area contributed by atoms with Gasteiger partial charge in [-0.1, -0.05) is 22.0 Å². The van der Waals surface area contributed by atoms with Crippen LogP contribution >= 0.6 is 15.9 Å². The fourth-order valence-corrected chi connectivity index (χ4v) is 1.81. The molecule has 1 heterocycles. The Morgan fingerprint density at radius 2 is 2.31 bits per heavy atom. The summed E-state index contributed by atoms with van der Waals surface area (Å²) >= 11 is 3.43. The van der Waals surface area contributed by atoms with Gasteiger partial charge in [0, 0.05) is 4.47 Å². The highest BCUT2D eigenvalue weighted by atomic mass is 79.9. The van der Waals surface area contributed by atoms with Gasteiger partial charge in [-0.15, -0.1) is 5.10 Å². The van der Waals surface area contributed by atoms with E-state index >= 15 is 0 Å². The van der Waals surface area contributed by atoms with Gasteiger partial charge in [-0.25, -0.2) is 4.68 Å². The second-order valence-electron chi connectivity index (χ2n) is 3.30. The van der Waals surface area contributed by atoms with Crippen LogP contribution in [0.1, 0.15) is 17.0 Å². The van der Waals surface area contributed by atoms with Crippen molar-refractivity contribution in [1.29, 1.82) is 5.26 Å². The number of nitrogens with zero attached hydrogens (tertiary/aromatic N) is 5. The average molecular weight is 278 g/mol. The fourth-order valence-electron chi connectivity index (χ4n) is 1.30. The normalized spacial score (nSPS) is 10.1. The Morgan fingerprint density at radius 3 is 2.88 bits per heavy atom. The highest BCUT2D eigenvalue weighted by Crippen LogP contribution is 2.19. The molecule has 6 heteroatoms. The molecule has 1 aromatic heterocycles. The summed E-state index contributed by atoms with van der Waals surface area (Å²) < 4.78 is 2.59. The van der Waals surface area contributed by atoms with Crippen LogP contribution in [0.3, 0.4) is 0 Å². The quantitative estimate of drug-likeness (QED) is 0.837. The molecule has 0 aliphatic rings. The highest BCUT2D eigenvalue weighted by Gasteiger charge is 2.05. The van der Waals surface area contributed by atoms with Crippen molar-refractivity contribution in [2.45, 2.75) is 13.5 Å². The zero-order chi connectivity index (χ0) is 11.5. The lowest BCUT2D eigenvalue weighted by Crippen LogP contribution is -2.04. The number of benzene rings is 1. The summed E-state index contributed by atoms with van der Waals surface area (Å²) in [6.07, 6.45) is 0. The summed E-state index contributed by atoms with van der Waals surface area (Å²) in [5, 5.41) is 20.0. The SMILES string of the molecule is Cc1nnnn1Cc1ccc(C#N)cc1Br. The molecule has 0 radical (unpaired) electrons. The van der Waals surface area contributed by atoms with E-state index in [2.05, 4.69) is 37.5 Å². The van der Waals surface area contributed by atoms with E-state index in [1.54, 1.807) is 16.8 Å². The Bertz CT molecular complexity index is 555. The first-order chi connectivity index (χ1) is 7.70. The lowest BCUT2D eigenvalue weighted by atomic mass is 10.1. The number of hydrogen-bond acceptors (Lipinski definition) is 4. The molecule has 80 valence electrons. The van der Waals surface area contributed by atoms with Gasteiger partial charge in [-0.2, -0.15) is 5.26 Å². The molecule has 0 amide bonds. The van der Waals surface area contributed by atoms with Crippen molar-refractivity contribution in [3.63, 3.8) is 0 Å². The second-order valence-corrected chi connectivity index (χ2v) is 4.16. The number of nitriles is 1. The summed E-state index contributed by atoms with van der Waals surface area (Å²) in [5.74, 6) is 0.760. The van der Waals surface area contributed by atoms with Gasteiger partial charge in [0.2, 0.25) is 0 Å². The zero-order valence-corrected chi connectivity index (χ0v) is 10.1. The molecule has 0 fully saturated rings. The minimum atomic E-state index is 0.588. The average Bonchev–Trinajstić information content (AvgIpc) is 2.67. The maximum Gasteiger partial charge on any atom is 0.148 e. The van der Waals surface area contributed by atoms with Gasteiger partial charge in [0.05, 0.1) is 18.2 Å². The topological polar surface area (TPSA) is 67.4 Å². The molecule has 0 saturated heterocycles. The van der Waals surface area contributed by atoms with Gasteiger partial charge < -0.3 is 0 Å². The molecule has 5 nitrogen and oxygen atoms in total. The van der Waals surface area contributed by atoms with Crippen LogP contribution in [0.4, 0.5) is 0 Å². The van der Waals surface area contributed by atoms with E-state index in [0.29, 0.717) is 12.1 Å². The molecule has 0 saturated carbocycles. The molecule has 0 spiro atoms. The number of tetrazole rings is 1. The van der Waals surface area contributed by atoms with Crippen LogP contribution in [0, 0.1) is 18.3 Å². The van der Waals surface area contributed by atoms with Crippen molar-refractivity contribution >= 4 is 15.9 Å². The molecular weight excluding hydrogens is 270 g/mol. The minimum absolute atomic E-state index is 0.588. The molecule has 0 aliphatic carbocycles. The monoisotopic (exact) mass is 277 g/mol. The molecule has 0 aliphatic heterocycles. The van der Waals surface area contributed by atoms with Gasteiger partial charge in [-0.05, 0) is 35.0 Å². The summed E-state index contributed by atoms with van der Waals surface area (Å²) in [4.78, 5) is 0. The Labute approximate surface area is 101 Å². The van der Waals surface area contributed by atoms with Crippen molar-refractivity contribution in [2.75, 3.05) is 0 Å². The smallest absolute Gasteiger partial charge is 0.148 e. The van der Waals surface area contributed by atoms with Crippen LogP contribution in [0.5, 0.6) is 0 Å². The molecule has 0 atom stereocenters. The second kappa shape index (κ2) is 4.41. The number of hydrogen-bond donors (Lipinski definition) is 0. The maximum atomic E-state index is 8.75. The fraction of sp³-hybridized carbons (Fsp3) is 0.200. The molecule has 16 heavy (non-hydrogen) atoms. The van der Waals surface area contributed by atoms with E-state index in [-0.39, 0.29) is 0 Å². The maximum absolute atomic E-state index is 8.75. The molecule has 1 aromatic carbocycles. The lowest BCUT2D eigenvalue weighted by Gasteiger charge is -2.05. The van der Waals surface area contributed by atoms with Crippen molar-refractivity contribution in [3.05, 3.63) is 39.6 Å². The number of aryl methyl sites for hydroxylation is 1. The van der Waals surface area contributed by atoms with Gasteiger partial charge in [-0.3, -0.25) is 0 Å². The zero-order valence-electron chi connectivity index (χ0n) is 8.55. The first-order valence-electron chi connectivity index (χ1n) is 4.62. The molecule has 0 unspecified atom stereocenters. The van der Waals surface area contributed by atoms with Crippen LogP contribution in [0.2, 0.25) is 0 Å². The summed E-state index contributed by atoms with van der Waals surface area (Å²) in [5.41, 5.74) is 1.67. The van der Waals surface area contributed by atoms with Crippen LogP contribution in [0.15, 0.2) is 22.7 Å². The first kappa shape index (κ1) is 10.8. The Kier molecular flexibility index (Phi) is 2.97. The standard InChI is InChI=1S/C10H8BrN5/c1-7-13-14-15-16(7)6-9-3-2-8(5-12)4-10(9)11/h2-4H,6H2,1H3. The van der Waals surface area contributed by atoms with Gasteiger partial charge in [0.1, 0.15) is 5.82 Å². The number of rotatable bonds is 2. The van der Waals surface area contributed by atoms with E-state index < -0.39 is 0 Å². The van der Waals surface area contributed by atoms with Gasteiger partial charge in [0.25, 0.3) is 0 Å². The van der Waals surface area contributed by atoms with Gasteiger partial charge in [0.15, 0.2) is 0 Å². The van der Waals surface area contributed by atoms with Crippen molar-refractivity contribution in [1.82, 2.24) is 20.2 Å². The molecular formula is C10H8BrN5. The third-order valence-electron chi connectivity index (χ3n) is 2.21. The van der Waals surface area contributed by atoms with E-state index in [1.807, 2.05) is 13.0 Å². The van der Waals surface area contributed by atoms with E-state index in [1.165, 1.54) is 0 Å². The molecule has 2 aromatic rings. The van der Waals surface area contributed by atoms with E-state index in [0.717, 1.165) is 15.9 Å². The first-order valence-corrected chi connectivity index (χ1v) is 5.41. The minimum Gasteiger partial charge on any atom is -0.225 e. The van der Waals surface area contributed by atoms with Crippen molar-refractivity contribution in [3.8, 4) is 6.07 Å². The summed E-state index contributed by atoms with van der Waals surface area (Å²) in [6.45, 7) is 2.43. The lowest BCUT2D eigenvalue weighted by molar-refractivity contribution is 0.632. The van der Waals surface area contributed by atoms with Crippen LogP contribution in [-0.2, 0) is 6.54 Å². The van der Waals surface area contributed by atoms with E-state index in [4.69, 9.17) is 5.26 Å². The molecule has 0 N–H and O–H groups in total. The van der Waals surface area contributed by atoms with Crippen molar-refractivity contribution < 1.29 is 0 Å². The Balaban J connectivity index is 2.30. The summed E-state index contributed by atoms with van der Waals surface area (Å²) in [7, 11) is 0. The third kappa shape index (κ3) is 2.09. The summed E-state index contributed by atoms with van der Waals surface area (Å²) in [6, 6.07) is 7.55. The predicted molar refractivity (Wildman–Crippen MR) is 60.5 cm³/mol. The largest absolute Gasteiger partial charge is 0.225 e. The van der Waals surface area contributed by atoms with Crippen LogP contribution < -0.4 is 0 Å². The molecule has 2 rings (SSSR count). The highest BCUT2D eigenvalue weighted by molar-refractivity contribution is 9.10. The third-order valence-corrected chi connectivity index (χ3v) is 2.95. The molecule has 0 bridgehead atoms. The Hall–Kier alpha value is -1.74. The number of halogens is 1. The van der Waals surface area contributed by atoms with Crippen LogP contribution in [0.25, 0.3) is 0 Å². The van der Waals surface area contributed by atoms with E-state index in [9.17, 15) is 0 Å². The number of aromatic nitrogens is 4. The van der Waals surface area contributed by atoms with Gasteiger partial charge >= 0.3 is 0 Å². The Morgan fingerprint density at radius 1 is 1.50 bits per heavy atom. The predicted octanol–water partition coefficient (Wildman–Crippen LogP) is 1.66. The van der Waals surface area contributed by atoms with Crippen LogP contribution in [-0.4, -0.2) is 20.2 Å².